The number of nitrogen functional groups attached to an aromatic ring is 1. The third kappa shape index (κ3) is 4.13. The third-order valence-corrected chi connectivity index (χ3v) is 4.67. The van der Waals surface area contributed by atoms with E-state index in [1.54, 1.807) is 78.9 Å². The Labute approximate surface area is 174 Å². The zero-order chi connectivity index (χ0) is 20.9. The van der Waals surface area contributed by atoms with Crippen LogP contribution in [-0.2, 0) is 0 Å². The van der Waals surface area contributed by atoms with E-state index in [1.165, 1.54) is 0 Å². The van der Waals surface area contributed by atoms with E-state index in [9.17, 15) is 9.59 Å². The van der Waals surface area contributed by atoms with Gasteiger partial charge in [0.1, 0.15) is 11.5 Å². The van der Waals surface area contributed by atoms with Crippen LogP contribution >= 0.6 is 0 Å². The van der Waals surface area contributed by atoms with Gasteiger partial charge in [-0.15, -0.1) is 0 Å². The van der Waals surface area contributed by atoms with E-state index in [-0.39, 0.29) is 11.6 Å². The van der Waals surface area contributed by atoms with Crippen molar-refractivity contribution < 1.29 is 14.3 Å². The van der Waals surface area contributed by atoms with Crippen LogP contribution in [0.1, 0.15) is 31.8 Å². The Morgan fingerprint density at radius 1 is 0.600 bits per heavy atom. The molecule has 0 unspecified atom stereocenters. The van der Waals surface area contributed by atoms with Gasteiger partial charge >= 0.3 is 0 Å². The van der Waals surface area contributed by atoms with Crippen molar-refractivity contribution in [3.8, 4) is 11.5 Å². The minimum Gasteiger partial charge on any atom is -0.457 e. The van der Waals surface area contributed by atoms with Gasteiger partial charge in [0.15, 0.2) is 11.6 Å². The predicted octanol–water partition coefficient (Wildman–Crippen LogP) is 5.52. The molecule has 4 aromatic carbocycles. The lowest BCUT2D eigenvalue weighted by atomic mass is 9.97. The van der Waals surface area contributed by atoms with Gasteiger partial charge in [-0.25, -0.2) is 0 Å². The van der Waals surface area contributed by atoms with Crippen molar-refractivity contribution in [2.45, 2.75) is 0 Å². The fourth-order valence-corrected chi connectivity index (χ4v) is 3.10. The van der Waals surface area contributed by atoms with Crippen LogP contribution in [0.2, 0.25) is 0 Å². The average molecular weight is 393 g/mol. The monoisotopic (exact) mass is 393 g/mol. The summed E-state index contributed by atoms with van der Waals surface area (Å²) in [6.45, 7) is 0. The highest BCUT2D eigenvalue weighted by molar-refractivity contribution is 6.13. The average Bonchev–Trinajstić information content (AvgIpc) is 2.81. The Bertz CT molecular complexity index is 1180. The van der Waals surface area contributed by atoms with Gasteiger partial charge in [-0.3, -0.25) is 9.59 Å². The van der Waals surface area contributed by atoms with E-state index < -0.39 is 0 Å². The van der Waals surface area contributed by atoms with Gasteiger partial charge in [0, 0.05) is 22.4 Å². The number of anilines is 1. The Morgan fingerprint density at radius 3 is 1.77 bits per heavy atom. The molecule has 0 heterocycles. The number of ether oxygens (including phenoxy) is 1. The summed E-state index contributed by atoms with van der Waals surface area (Å²) in [4.78, 5) is 26.0. The fourth-order valence-electron chi connectivity index (χ4n) is 3.10. The zero-order valence-electron chi connectivity index (χ0n) is 16.1. The molecule has 2 N–H and O–H groups in total. The number of hydrogen-bond acceptors (Lipinski definition) is 4. The normalized spacial score (nSPS) is 10.4. The molecule has 0 amide bonds. The molecular formula is C26H19NO3. The van der Waals surface area contributed by atoms with E-state index >= 15 is 0 Å². The molecule has 0 fully saturated rings. The molecule has 30 heavy (non-hydrogen) atoms. The SMILES string of the molecule is Nc1ccc(Oc2cc(C(=O)c3ccccc3)ccc2C(=O)c2ccccc2)cc1. The number of hydrogen-bond donors (Lipinski definition) is 1. The van der Waals surface area contributed by atoms with Crippen molar-refractivity contribution >= 4 is 17.3 Å². The van der Waals surface area contributed by atoms with E-state index in [1.807, 2.05) is 24.3 Å². The first kappa shape index (κ1) is 19.2. The van der Waals surface area contributed by atoms with Crippen molar-refractivity contribution in [2.24, 2.45) is 0 Å². The van der Waals surface area contributed by atoms with Gasteiger partial charge < -0.3 is 10.5 Å². The highest BCUT2D eigenvalue weighted by Crippen LogP contribution is 2.30. The van der Waals surface area contributed by atoms with E-state index in [4.69, 9.17) is 10.5 Å². The summed E-state index contributed by atoms with van der Waals surface area (Å²) in [5.74, 6) is 0.516. The van der Waals surface area contributed by atoms with Crippen LogP contribution in [0.4, 0.5) is 5.69 Å². The summed E-state index contributed by atoms with van der Waals surface area (Å²) in [5, 5.41) is 0. The van der Waals surface area contributed by atoms with Crippen LogP contribution in [0.3, 0.4) is 0 Å². The molecule has 4 heteroatoms. The second kappa shape index (κ2) is 8.45. The summed E-state index contributed by atoms with van der Waals surface area (Å²) in [6.07, 6.45) is 0. The Morgan fingerprint density at radius 2 is 1.17 bits per heavy atom. The summed E-state index contributed by atoms with van der Waals surface area (Å²) < 4.78 is 6.01. The van der Waals surface area contributed by atoms with Gasteiger partial charge in [0.25, 0.3) is 0 Å². The smallest absolute Gasteiger partial charge is 0.196 e. The summed E-state index contributed by atoms with van der Waals surface area (Å²) in [7, 11) is 0. The van der Waals surface area contributed by atoms with E-state index in [2.05, 4.69) is 0 Å². The van der Waals surface area contributed by atoms with Crippen LogP contribution < -0.4 is 10.5 Å². The maximum Gasteiger partial charge on any atom is 0.196 e. The molecule has 146 valence electrons. The topological polar surface area (TPSA) is 69.4 Å². The molecule has 0 aliphatic carbocycles. The van der Waals surface area contributed by atoms with Gasteiger partial charge in [0.2, 0.25) is 0 Å². The molecular weight excluding hydrogens is 374 g/mol. The summed E-state index contributed by atoms with van der Waals surface area (Å²) >= 11 is 0. The highest BCUT2D eigenvalue weighted by Gasteiger charge is 2.18. The molecule has 0 atom stereocenters. The lowest BCUT2D eigenvalue weighted by molar-refractivity contribution is 0.102. The molecule has 0 saturated heterocycles. The Kier molecular flexibility index (Phi) is 5.39. The first-order chi connectivity index (χ1) is 14.6. The highest BCUT2D eigenvalue weighted by atomic mass is 16.5. The van der Waals surface area contributed by atoms with Gasteiger partial charge in [-0.1, -0.05) is 66.7 Å². The molecule has 0 spiro atoms. The Hall–Kier alpha value is -4.18. The lowest BCUT2D eigenvalue weighted by Crippen LogP contribution is -2.07. The quantitative estimate of drug-likeness (QED) is 0.346. The zero-order valence-corrected chi connectivity index (χ0v) is 16.1. The van der Waals surface area contributed by atoms with Gasteiger partial charge in [0.05, 0.1) is 5.56 Å². The molecule has 0 radical (unpaired) electrons. The van der Waals surface area contributed by atoms with Gasteiger partial charge in [-0.2, -0.15) is 0 Å². The second-order valence-electron chi connectivity index (χ2n) is 6.77. The minimum atomic E-state index is -0.181. The molecule has 0 aromatic heterocycles. The van der Waals surface area contributed by atoms with Crippen molar-refractivity contribution in [1.29, 1.82) is 0 Å². The summed E-state index contributed by atoms with van der Waals surface area (Å²) in [6, 6.07) is 29.7. The number of carbonyl (C=O) groups is 2. The van der Waals surface area contributed by atoms with Crippen LogP contribution in [0, 0.1) is 0 Å². The minimum absolute atomic E-state index is 0.142. The van der Waals surface area contributed by atoms with Gasteiger partial charge in [-0.05, 0) is 36.4 Å². The van der Waals surface area contributed by atoms with E-state index in [0.717, 1.165) is 0 Å². The predicted molar refractivity (Wildman–Crippen MR) is 117 cm³/mol. The van der Waals surface area contributed by atoms with Crippen LogP contribution in [-0.4, -0.2) is 11.6 Å². The molecule has 4 aromatic rings. The Balaban J connectivity index is 1.76. The first-order valence-corrected chi connectivity index (χ1v) is 9.49. The standard InChI is InChI=1S/C26H19NO3/c27-21-12-14-22(15-13-21)30-24-17-20(25(28)18-7-3-1-4-8-18)11-16-23(24)26(29)19-9-5-2-6-10-19/h1-17H,27H2. The van der Waals surface area contributed by atoms with E-state index in [0.29, 0.717) is 39.4 Å². The molecule has 0 bridgehead atoms. The van der Waals surface area contributed by atoms with Crippen LogP contribution in [0.5, 0.6) is 11.5 Å². The number of benzene rings is 4. The molecule has 4 rings (SSSR count). The fraction of sp³-hybridized carbons (Fsp3) is 0. The molecule has 0 aliphatic rings. The lowest BCUT2D eigenvalue weighted by Gasteiger charge is -2.13. The summed E-state index contributed by atoms with van der Waals surface area (Å²) in [5.41, 5.74) is 8.28. The number of rotatable bonds is 6. The largest absolute Gasteiger partial charge is 0.457 e. The molecule has 0 aliphatic heterocycles. The number of carbonyl (C=O) groups excluding carboxylic acids is 2. The van der Waals surface area contributed by atoms with Crippen molar-refractivity contribution in [1.82, 2.24) is 0 Å². The molecule has 4 nitrogen and oxygen atoms in total. The second-order valence-corrected chi connectivity index (χ2v) is 6.77. The number of nitrogens with two attached hydrogens (primary N) is 1. The maximum absolute atomic E-state index is 13.1. The van der Waals surface area contributed by atoms with Crippen molar-refractivity contribution in [3.05, 3.63) is 125 Å². The number of ketones is 2. The van der Waals surface area contributed by atoms with Crippen LogP contribution in [0.25, 0.3) is 0 Å². The maximum atomic E-state index is 13.1. The molecule has 0 saturated carbocycles. The van der Waals surface area contributed by atoms with Crippen molar-refractivity contribution in [3.63, 3.8) is 0 Å². The third-order valence-electron chi connectivity index (χ3n) is 4.67. The first-order valence-electron chi connectivity index (χ1n) is 9.49. The van der Waals surface area contributed by atoms with Crippen LogP contribution in [0.15, 0.2) is 103 Å². The van der Waals surface area contributed by atoms with Crippen molar-refractivity contribution in [2.75, 3.05) is 5.73 Å².